The zero-order valence-corrected chi connectivity index (χ0v) is 16.1. The summed E-state index contributed by atoms with van der Waals surface area (Å²) in [5, 5.41) is 21.3. The first-order valence-electron chi connectivity index (χ1n) is 9.07. The van der Waals surface area contributed by atoms with Gasteiger partial charge in [0.1, 0.15) is 17.6 Å². The average Bonchev–Trinajstić information content (AvgIpc) is 2.73. The van der Waals surface area contributed by atoms with Crippen LogP contribution >= 0.6 is 0 Å². The number of nitrogens with zero attached hydrogens (tertiary/aromatic N) is 4. The molecule has 0 aliphatic carbocycles. The summed E-state index contributed by atoms with van der Waals surface area (Å²) in [5.74, 6) is 1.76. The number of hydrogen-bond acceptors (Lipinski definition) is 6. The molecular formula is C23H19N5O. The largest absolute Gasteiger partial charge is 0.456 e. The standard InChI is InChI=1S/C23H19N5O/c1-16(2)21-10-12-26-23(28-21)27-19-9-8-18(15-25)22(14-19)29-20-7-3-5-17(13-20)6-4-11-24/h3-10,12-14,16H,1-2H3,(H,26,27,28)/b6-4+. The van der Waals surface area contributed by atoms with Gasteiger partial charge in [0.25, 0.3) is 0 Å². The zero-order valence-electron chi connectivity index (χ0n) is 16.1. The lowest BCUT2D eigenvalue weighted by Crippen LogP contribution is -2.01. The van der Waals surface area contributed by atoms with Crippen molar-refractivity contribution in [3.05, 3.63) is 77.6 Å². The molecule has 0 saturated carbocycles. The molecule has 0 fully saturated rings. The van der Waals surface area contributed by atoms with E-state index in [0.717, 1.165) is 11.3 Å². The highest BCUT2D eigenvalue weighted by Crippen LogP contribution is 2.30. The maximum Gasteiger partial charge on any atom is 0.227 e. The first-order valence-corrected chi connectivity index (χ1v) is 9.07. The van der Waals surface area contributed by atoms with Gasteiger partial charge in [0.05, 0.1) is 11.6 Å². The third-order valence-corrected chi connectivity index (χ3v) is 4.06. The molecule has 2 aromatic carbocycles. The van der Waals surface area contributed by atoms with Crippen molar-refractivity contribution in [1.29, 1.82) is 10.5 Å². The normalized spacial score (nSPS) is 10.5. The maximum atomic E-state index is 9.42. The van der Waals surface area contributed by atoms with Crippen LogP contribution in [0.15, 0.2) is 60.8 Å². The van der Waals surface area contributed by atoms with Crippen molar-refractivity contribution in [2.24, 2.45) is 0 Å². The van der Waals surface area contributed by atoms with Crippen LogP contribution in [0.25, 0.3) is 6.08 Å². The molecule has 0 aliphatic rings. The highest BCUT2D eigenvalue weighted by atomic mass is 16.5. The molecular weight excluding hydrogens is 362 g/mol. The van der Waals surface area contributed by atoms with E-state index >= 15 is 0 Å². The van der Waals surface area contributed by atoms with Crippen molar-refractivity contribution < 1.29 is 4.74 Å². The van der Waals surface area contributed by atoms with Gasteiger partial charge < -0.3 is 10.1 Å². The molecule has 0 spiro atoms. The number of allylic oxidation sites excluding steroid dienone is 1. The third kappa shape index (κ3) is 5.18. The lowest BCUT2D eigenvalue weighted by atomic mass is 10.1. The SMILES string of the molecule is CC(C)c1ccnc(Nc2ccc(C#N)c(Oc3cccc(/C=C/C#N)c3)c2)n1. The summed E-state index contributed by atoms with van der Waals surface area (Å²) in [6.45, 7) is 4.14. The number of benzene rings is 2. The summed E-state index contributed by atoms with van der Waals surface area (Å²) in [4.78, 5) is 8.75. The van der Waals surface area contributed by atoms with Crippen LogP contribution in [0.2, 0.25) is 0 Å². The number of anilines is 2. The van der Waals surface area contributed by atoms with Gasteiger partial charge in [-0.15, -0.1) is 0 Å². The number of ether oxygens (including phenoxy) is 1. The van der Waals surface area contributed by atoms with Crippen LogP contribution < -0.4 is 10.1 Å². The number of rotatable bonds is 6. The Kier molecular flexibility index (Phi) is 6.19. The van der Waals surface area contributed by atoms with Gasteiger partial charge in [-0.05, 0) is 47.9 Å². The van der Waals surface area contributed by atoms with Gasteiger partial charge in [-0.1, -0.05) is 26.0 Å². The Morgan fingerprint density at radius 1 is 1.10 bits per heavy atom. The summed E-state index contributed by atoms with van der Waals surface area (Å²) in [7, 11) is 0. The topological polar surface area (TPSA) is 94.6 Å². The van der Waals surface area contributed by atoms with Crippen LogP contribution in [0.1, 0.15) is 36.6 Å². The van der Waals surface area contributed by atoms with Crippen LogP contribution in [0.5, 0.6) is 11.5 Å². The van der Waals surface area contributed by atoms with E-state index in [1.165, 1.54) is 6.08 Å². The summed E-state index contributed by atoms with van der Waals surface area (Å²) < 4.78 is 5.94. The van der Waals surface area contributed by atoms with E-state index < -0.39 is 0 Å². The van der Waals surface area contributed by atoms with Crippen LogP contribution in [0, 0.1) is 22.7 Å². The second-order valence-corrected chi connectivity index (χ2v) is 6.54. The molecule has 142 valence electrons. The van der Waals surface area contributed by atoms with Gasteiger partial charge >= 0.3 is 0 Å². The average molecular weight is 381 g/mol. The van der Waals surface area contributed by atoms with E-state index in [1.54, 1.807) is 42.6 Å². The zero-order chi connectivity index (χ0) is 20.6. The van der Waals surface area contributed by atoms with Crippen LogP contribution in [0.4, 0.5) is 11.6 Å². The van der Waals surface area contributed by atoms with Gasteiger partial charge in [0.15, 0.2) is 0 Å². The lowest BCUT2D eigenvalue weighted by molar-refractivity contribution is 0.481. The Balaban J connectivity index is 1.86. The molecule has 0 saturated heterocycles. The minimum Gasteiger partial charge on any atom is -0.456 e. The minimum absolute atomic E-state index is 0.292. The quantitative estimate of drug-likeness (QED) is 0.563. The fourth-order valence-electron chi connectivity index (χ4n) is 2.60. The molecule has 6 heteroatoms. The maximum absolute atomic E-state index is 9.42. The van der Waals surface area contributed by atoms with Crippen molar-refractivity contribution in [3.8, 4) is 23.6 Å². The Morgan fingerprint density at radius 2 is 1.97 bits per heavy atom. The first kappa shape index (κ1) is 19.6. The highest BCUT2D eigenvalue weighted by Gasteiger charge is 2.09. The molecule has 1 aromatic heterocycles. The smallest absolute Gasteiger partial charge is 0.227 e. The lowest BCUT2D eigenvalue weighted by Gasteiger charge is -2.12. The summed E-state index contributed by atoms with van der Waals surface area (Å²) in [6.07, 6.45) is 4.80. The van der Waals surface area contributed by atoms with Gasteiger partial charge in [-0.25, -0.2) is 9.97 Å². The van der Waals surface area contributed by atoms with Crippen molar-refractivity contribution in [1.82, 2.24) is 9.97 Å². The number of nitriles is 2. The fraction of sp³-hybridized carbons (Fsp3) is 0.130. The molecule has 0 amide bonds. The van der Waals surface area contributed by atoms with Crippen LogP contribution in [0.3, 0.4) is 0 Å². The molecule has 3 rings (SSSR count). The van der Waals surface area contributed by atoms with Gasteiger partial charge in [0.2, 0.25) is 5.95 Å². The van der Waals surface area contributed by atoms with Gasteiger partial charge in [0, 0.05) is 29.7 Å². The highest BCUT2D eigenvalue weighted by molar-refractivity contribution is 5.61. The summed E-state index contributed by atoms with van der Waals surface area (Å²) in [5.41, 5.74) is 2.89. The Morgan fingerprint density at radius 3 is 2.72 bits per heavy atom. The molecule has 1 heterocycles. The second kappa shape index (κ2) is 9.16. The van der Waals surface area contributed by atoms with Crippen molar-refractivity contribution in [2.45, 2.75) is 19.8 Å². The Bertz CT molecular complexity index is 1120. The molecule has 0 radical (unpaired) electrons. The fourth-order valence-corrected chi connectivity index (χ4v) is 2.60. The molecule has 29 heavy (non-hydrogen) atoms. The Hall–Kier alpha value is -4.16. The van der Waals surface area contributed by atoms with Crippen LogP contribution in [-0.2, 0) is 0 Å². The monoisotopic (exact) mass is 381 g/mol. The first-order chi connectivity index (χ1) is 14.1. The van der Waals surface area contributed by atoms with E-state index in [0.29, 0.717) is 34.6 Å². The molecule has 6 nitrogen and oxygen atoms in total. The van der Waals surface area contributed by atoms with E-state index in [1.807, 2.05) is 24.3 Å². The van der Waals surface area contributed by atoms with Crippen LogP contribution in [-0.4, -0.2) is 9.97 Å². The van der Waals surface area contributed by atoms with E-state index in [4.69, 9.17) is 10.00 Å². The van der Waals surface area contributed by atoms with Gasteiger partial charge in [-0.2, -0.15) is 10.5 Å². The predicted molar refractivity (Wildman–Crippen MR) is 112 cm³/mol. The molecule has 3 aromatic rings. The second-order valence-electron chi connectivity index (χ2n) is 6.54. The Labute approximate surface area is 169 Å². The van der Waals surface area contributed by atoms with Crippen molar-refractivity contribution in [3.63, 3.8) is 0 Å². The number of aromatic nitrogens is 2. The third-order valence-electron chi connectivity index (χ3n) is 4.06. The molecule has 0 aliphatic heterocycles. The summed E-state index contributed by atoms with van der Waals surface area (Å²) in [6, 6.07) is 18.5. The molecule has 0 unspecified atom stereocenters. The number of nitrogens with one attached hydrogen (secondary N) is 1. The molecule has 0 bridgehead atoms. The van der Waals surface area contributed by atoms with E-state index in [2.05, 4.69) is 35.2 Å². The van der Waals surface area contributed by atoms with E-state index in [9.17, 15) is 5.26 Å². The van der Waals surface area contributed by atoms with Crippen molar-refractivity contribution >= 4 is 17.7 Å². The minimum atomic E-state index is 0.292. The summed E-state index contributed by atoms with van der Waals surface area (Å²) >= 11 is 0. The van der Waals surface area contributed by atoms with E-state index in [-0.39, 0.29) is 0 Å². The van der Waals surface area contributed by atoms with Crippen molar-refractivity contribution in [2.75, 3.05) is 5.32 Å². The predicted octanol–water partition coefficient (Wildman–Crippen LogP) is 5.54. The molecule has 1 N–H and O–H groups in total. The number of hydrogen-bond donors (Lipinski definition) is 1. The molecule has 0 atom stereocenters. The van der Waals surface area contributed by atoms with Gasteiger partial charge in [-0.3, -0.25) is 0 Å².